The lowest BCUT2D eigenvalue weighted by molar-refractivity contribution is 0.626. The first kappa shape index (κ1) is 7.91. The molecule has 2 N–H and O–H groups in total. The Hall–Kier alpha value is -1.71. The third-order valence-electron chi connectivity index (χ3n) is 1.90. The van der Waals surface area contributed by atoms with Gasteiger partial charge in [0.25, 0.3) is 6.01 Å². The van der Waals surface area contributed by atoms with Gasteiger partial charge in [0.15, 0.2) is 5.58 Å². The number of oxazole rings is 1. The van der Waals surface area contributed by atoms with E-state index in [-0.39, 0.29) is 6.01 Å². The summed E-state index contributed by atoms with van der Waals surface area (Å²) in [5.74, 6) is 0. The van der Waals surface area contributed by atoms with E-state index in [4.69, 9.17) is 10.2 Å². The van der Waals surface area contributed by atoms with Crippen LogP contribution in [0.2, 0.25) is 0 Å². The molecule has 0 aliphatic rings. The predicted octanol–water partition coefficient (Wildman–Crippen LogP) is 1.48. The lowest BCUT2D eigenvalue weighted by atomic mass is 10.3. The minimum absolute atomic E-state index is 0.214. The highest BCUT2D eigenvalue weighted by Crippen LogP contribution is 2.21. The summed E-state index contributed by atoms with van der Waals surface area (Å²) in [7, 11) is 3.95. The van der Waals surface area contributed by atoms with E-state index in [2.05, 4.69) is 4.98 Å². The van der Waals surface area contributed by atoms with Crippen molar-refractivity contribution < 1.29 is 4.42 Å². The van der Waals surface area contributed by atoms with E-state index in [9.17, 15) is 0 Å². The molecule has 2 aromatic rings. The Bertz CT molecular complexity index is 433. The molecule has 0 aliphatic carbocycles. The molecule has 0 atom stereocenters. The molecule has 0 saturated heterocycles. The molecule has 68 valence electrons. The smallest absolute Gasteiger partial charge is 0.292 e. The molecular weight excluding hydrogens is 166 g/mol. The summed E-state index contributed by atoms with van der Waals surface area (Å²) in [6.07, 6.45) is 0. The van der Waals surface area contributed by atoms with Gasteiger partial charge >= 0.3 is 0 Å². The van der Waals surface area contributed by atoms with Crippen molar-refractivity contribution in [1.82, 2.24) is 4.98 Å². The number of fused-ring (bicyclic) bond motifs is 1. The predicted molar refractivity (Wildman–Crippen MR) is 52.7 cm³/mol. The molecule has 13 heavy (non-hydrogen) atoms. The molecule has 1 aromatic carbocycles. The summed E-state index contributed by atoms with van der Waals surface area (Å²) < 4.78 is 5.15. The second-order valence-electron chi connectivity index (χ2n) is 3.10. The molecule has 4 heteroatoms. The Labute approximate surface area is 76.0 Å². The summed E-state index contributed by atoms with van der Waals surface area (Å²) in [5, 5.41) is 0. The van der Waals surface area contributed by atoms with Crippen molar-refractivity contribution in [3.05, 3.63) is 18.2 Å². The van der Waals surface area contributed by atoms with Gasteiger partial charge in [0.2, 0.25) is 0 Å². The molecule has 4 nitrogen and oxygen atoms in total. The number of nitrogens with zero attached hydrogens (tertiary/aromatic N) is 2. The van der Waals surface area contributed by atoms with Crippen molar-refractivity contribution in [2.45, 2.75) is 0 Å². The highest BCUT2D eigenvalue weighted by atomic mass is 16.4. The van der Waals surface area contributed by atoms with Crippen LogP contribution in [-0.4, -0.2) is 19.1 Å². The molecule has 1 heterocycles. The minimum Gasteiger partial charge on any atom is -0.424 e. The first-order valence-electron chi connectivity index (χ1n) is 4.00. The zero-order valence-electron chi connectivity index (χ0n) is 7.61. The van der Waals surface area contributed by atoms with Crippen LogP contribution < -0.4 is 10.6 Å². The summed E-state index contributed by atoms with van der Waals surface area (Å²) in [6.45, 7) is 0. The molecule has 0 saturated carbocycles. The fourth-order valence-corrected chi connectivity index (χ4v) is 1.21. The summed E-state index contributed by atoms with van der Waals surface area (Å²) in [4.78, 5) is 6.04. The fraction of sp³-hybridized carbons (Fsp3) is 0.222. The van der Waals surface area contributed by atoms with E-state index in [1.165, 1.54) is 0 Å². The largest absolute Gasteiger partial charge is 0.424 e. The van der Waals surface area contributed by atoms with Crippen LogP contribution in [0, 0.1) is 0 Å². The molecule has 1 aromatic heterocycles. The van der Waals surface area contributed by atoms with E-state index in [1.807, 2.05) is 37.2 Å². The monoisotopic (exact) mass is 177 g/mol. The molecule has 0 spiro atoms. The molecule has 0 radical (unpaired) electrons. The number of hydrogen-bond donors (Lipinski definition) is 1. The summed E-state index contributed by atoms with van der Waals surface area (Å²) in [6, 6.07) is 5.99. The van der Waals surface area contributed by atoms with Crippen molar-refractivity contribution >= 4 is 22.8 Å². The molecule has 0 unspecified atom stereocenters. The number of hydrogen-bond acceptors (Lipinski definition) is 4. The molecule has 0 bridgehead atoms. The Morgan fingerprint density at radius 3 is 2.85 bits per heavy atom. The summed E-state index contributed by atoms with van der Waals surface area (Å²) >= 11 is 0. The van der Waals surface area contributed by atoms with E-state index >= 15 is 0 Å². The average molecular weight is 177 g/mol. The van der Waals surface area contributed by atoms with Gasteiger partial charge in [-0.2, -0.15) is 4.98 Å². The minimum atomic E-state index is 0.214. The second-order valence-corrected chi connectivity index (χ2v) is 3.10. The van der Waals surface area contributed by atoms with Crippen LogP contribution in [0.5, 0.6) is 0 Å². The third kappa shape index (κ3) is 1.30. The Morgan fingerprint density at radius 1 is 1.38 bits per heavy atom. The topological polar surface area (TPSA) is 55.3 Å². The first-order valence-corrected chi connectivity index (χ1v) is 4.00. The van der Waals surface area contributed by atoms with Gasteiger partial charge in [-0.25, -0.2) is 0 Å². The van der Waals surface area contributed by atoms with Crippen molar-refractivity contribution in [2.75, 3.05) is 24.7 Å². The van der Waals surface area contributed by atoms with Crippen LogP contribution in [-0.2, 0) is 0 Å². The Kier molecular flexibility index (Phi) is 1.62. The lowest BCUT2D eigenvalue weighted by Gasteiger charge is -2.10. The molecule has 0 aliphatic heterocycles. The van der Waals surface area contributed by atoms with E-state index in [1.54, 1.807) is 0 Å². The van der Waals surface area contributed by atoms with Crippen molar-refractivity contribution in [2.24, 2.45) is 0 Å². The van der Waals surface area contributed by atoms with Gasteiger partial charge in [0.1, 0.15) is 5.52 Å². The van der Waals surface area contributed by atoms with Gasteiger partial charge in [0, 0.05) is 19.8 Å². The van der Waals surface area contributed by atoms with Crippen LogP contribution >= 0.6 is 0 Å². The van der Waals surface area contributed by atoms with E-state index in [0.29, 0.717) is 0 Å². The van der Waals surface area contributed by atoms with Gasteiger partial charge < -0.3 is 15.1 Å². The summed E-state index contributed by atoms with van der Waals surface area (Å²) in [5.41, 5.74) is 8.03. The van der Waals surface area contributed by atoms with Crippen molar-refractivity contribution in [3.63, 3.8) is 0 Å². The van der Waals surface area contributed by atoms with Gasteiger partial charge in [-0.15, -0.1) is 0 Å². The highest BCUT2D eigenvalue weighted by molar-refractivity contribution is 5.78. The lowest BCUT2D eigenvalue weighted by Crippen LogP contribution is -2.07. The van der Waals surface area contributed by atoms with E-state index < -0.39 is 0 Å². The Balaban J connectivity index is 2.61. The highest BCUT2D eigenvalue weighted by Gasteiger charge is 2.03. The maximum Gasteiger partial charge on any atom is 0.292 e. The quantitative estimate of drug-likeness (QED) is 0.716. The van der Waals surface area contributed by atoms with Crippen LogP contribution in [0.4, 0.5) is 11.7 Å². The SMILES string of the molecule is CN(C)c1ccc2oc(N)nc2c1. The number of nitrogen functional groups attached to an aromatic ring is 1. The van der Waals surface area contributed by atoms with Gasteiger partial charge in [0.05, 0.1) is 0 Å². The molecular formula is C9H11N3O. The number of benzene rings is 1. The average Bonchev–Trinajstić information content (AvgIpc) is 2.42. The fourth-order valence-electron chi connectivity index (χ4n) is 1.21. The Morgan fingerprint density at radius 2 is 2.15 bits per heavy atom. The number of rotatable bonds is 1. The van der Waals surface area contributed by atoms with Gasteiger partial charge in [-0.05, 0) is 18.2 Å². The zero-order valence-corrected chi connectivity index (χ0v) is 7.61. The standard InChI is InChI=1S/C9H11N3O/c1-12(2)6-3-4-8-7(5-6)11-9(10)13-8/h3-5H,1-2H3,(H2,10,11). The van der Waals surface area contributed by atoms with Crippen LogP contribution in [0.1, 0.15) is 0 Å². The zero-order chi connectivity index (χ0) is 9.42. The maximum absolute atomic E-state index is 5.43. The number of nitrogens with two attached hydrogens (primary N) is 1. The molecule has 0 amide bonds. The van der Waals surface area contributed by atoms with Crippen LogP contribution in [0.3, 0.4) is 0 Å². The van der Waals surface area contributed by atoms with Crippen LogP contribution in [0.25, 0.3) is 11.1 Å². The molecule has 0 fully saturated rings. The van der Waals surface area contributed by atoms with E-state index in [0.717, 1.165) is 16.8 Å². The van der Waals surface area contributed by atoms with Crippen molar-refractivity contribution in [3.8, 4) is 0 Å². The van der Waals surface area contributed by atoms with Gasteiger partial charge in [-0.1, -0.05) is 0 Å². The van der Waals surface area contributed by atoms with Crippen molar-refractivity contribution in [1.29, 1.82) is 0 Å². The van der Waals surface area contributed by atoms with Gasteiger partial charge in [-0.3, -0.25) is 0 Å². The first-order chi connectivity index (χ1) is 6.16. The number of aromatic nitrogens is 1. The third-order valence-corrected chi connectivity index (χ3v) is 1.90. The maximum atomic E-state index is 5.43. The molecule has 2 rings (SSSR count). The number of anilines is 2. The normalized spacial score (nSPS) is 10.6. The second kappa shape index (κ2) is 2.65. The van der Waals surface area contributed by atoms with Crippen LogP contribution in [0.15, 0.2) is 22.6 Å².